The molecule has 0 fully saturated rings. The predicted octanol–water partition coefficient (Wildman–Crippen LogP) is 8.39. The van der Waals surface area contributed by atoms with Crippen molar-refractivity contribution in [1.82, 2.24) is 14.9 Å². The van der Waals surface area contributed by atoms with Gasteiger partial charge in [0.2, 0.25) is 0 Å². The van der Waals surface area contributed by atoms with E-state index in [1.807, 2.05) is 18.3 Å². The number of hydrogen-bond acceptors (Lipinski definition) is 7. The van der Waals surface area contributed by atoms with Crippen molar-refractivity contribution in [1.29, 1.82) is 0 Å². The molecule has 2 aromatic heterocycles. The lowest BCUT2D eigenvalue weighted by Gasteiger charge is -2.34. The van der Waals surface area contributed by atoms with E-state index in [1.54, 1.807) is 0 Å². The Morgan fingerprint density at radius 2 is 1.53 bits per heavy atom. The summed E-state index contributed by atoms with van der Waals surface area (Å²) in [7, 11) is 4.27. The largest absolute Gasteiger partial charge is 0.454 e. The van der Waals surface area contributed by atoms with Crippen LogP contribution in [0.15, 0.2) is 108 Å². The van der Waals surface area contributed by atoms with Gasteiger partial charge in [0.15, 0.2) is 17.2 Å². The molecule has 2 atom stereocenters. The van der Waals surface area contributed by atoms with Gasteiger partial charge in [-0.25, -0.2) is 9.97 Å². The third-order valence-electron chi connectivity index (χ3n) is 9.58. The third kappa shape index (κ3) is 4.25. The van der Waals surface area contributed by atoms with Crippen molar-refractivity contribution in [2.45, 2.75) is 39.5 Å². The second-order valence-corrected chi connectivity index (χ2v) is 12.2. The van der Waals surface area contributed by atoms with E-state index in [0.29, 0.717) is 0 Å². The van der Waals surface area contributed by atoms with Crippen LogP contribution < -0.4 is 14.7 Å². The summed E-state index contributed by atoms with van der Waals surface area (Å²) in [4.78, 5) is 19.4. The number of likely N-dealkylation sites (N-methyl/N-ethyl adjacent to an activating group) is 1. The predicted molar refractivity (Wildman–Crippen MR) is 184 cm³/mol. The molecule has 224 valence electrons. The minimum absolute atomic E-state index is 0.0392. The number of nitrogens with zero attached hydrogens (tertiary/aromatic N) is 6. The average molecular weight is 593 g/mol. The van der Waals surface area contributed by atoms with E-state index in [-0.39, 0.29) is 12.3 Å². The molecule has 0 bridgehead atoms. The van der Waals surface area contributed by atoms with Crippen molar-refractivity contribution < 1.29 is 4.42 Å². The first-order chi connectivity index (χ1) is 21.9. The maximum absolute atomic E-state index is 6.64. The van der Waals surface area contributed by atoms with Crippen molar-refractivity contribution >= 4 is 44.8 Å². The number of fused-ring (bicyclic) bond motifs is 4. The molecule has 2 aliphatic rings. The Kier molecular flexibility index (Phi) is 6.31. The molecule has 0 saturated heterocycles. The number of hydrogen-bond donors (Lipinski definition) is 0. The molecule has 0 radical (unpaired) electrons. The Balaban J connectivity index is 1.30. The molecule has 45 heavy (non-hydrogen) atoms. The number of anilines is 4. The van der Waals surface area contributed by atoms with Crippen LogP contribution in [0.3, 0.4) is 0 Å². The van der Waals surface area contributed by atoms with Crippen LogP contribution in [0.1, 0.15) is 23.6 Å². The molecule has 2 aliphatic heterocycles. The third-order valence-corrected chi connectivity index (χ3v) is 9.58. The SMILES string of the molecule is Cc1ccccc1-c1ncc2c(n1)N(c1ccccc1C)C(Cc1ccc3c(oc4ccccc43)c1N1C=CN(C)C1C)N2C. The van der Waals surface area contributed by atoms with Gasteiger partial charge >= 0.3 is 0 Å². The minimum atomic E-state index is -0.0392. The first kappa shape index (κ1) is 27.3. The molecule has 2 unspecified atom stereocenters. The second-order valence-electron chi connectivity index (χ2n) is 12.2. The lowest BCUT2D eigenvalue weighted by Crippen LogP contribution is -2.41. The fourth-order valence-corrected chi connectivity index (χ4v) is 6.90. The van der Waals surface area contributed by atoms with Crippen molar-refractivity contribution in [2.24, 2.45) is 0 Å². The van der Waals surface area contributed by atoms with Gasteiger partial charge in [-0.1, -0.05) is 72.8 Å². The zero-order valence-corrected chi connectivity index (χ0v) is 26.3. The van der Waals surface area contributed by atoms with Gasteiger partial charge < -0.3 is 24.0 Å². The number of aryl methyl sites for hydroxylation is 2. The average Bonchev–Trinajstić information content (AvgIpc) is 3.68. The summed E-state index contributed by atoms with van der Waals surface area (Å²) in [5, 5.41) is 2.27. The van der Waals surface area contributed by atoms with E-state index >= 15 is 0 Å². The lowest BCUT2D eigenvalue weighted by molar-refractivity contribution is 0.382. The second kappa shape index (κ2) is 10.4. The van der Waals surface area contributed by atoms with Crippen molar-refractivity contribution in [2.75, 3.05) is 28.8 Å². The molecule has 4 heterocycles. The van der Waals surface area contributed by atoms with E-state index in [4.69, 9.17) is 14.4 Å². The highest BCUT2D eigenvalue weighted by Gasteiger charge is 2.39. The van der Waals surface area contributed by atoms with Gasteiger partial charge in [-0.3, -0.25) is 0 Å². The normalized spacial score (nSPS) is 17.7. The van der Waals surface area contributed by atoms with Crippen LogP contribution in [0, 0.1) is 13.8 Å². The van der Waals surface area contributed by atoms with E-state index < -0.39 is 0 Å². The minimum Gasteiger partial charge on any atom is -0.454 e. The van der Waals surface area contributed by atoms with Gasteiger partial charge in [-0.05, 0) is 49.6 Å². The number of para-hydroxylation sites is 2. The maximum Gasteiger partial charge on any atom is 0.162 e. The quantitative estimate of drug-likeness (QED) is 0.199. The highest BCUT2D eigenvalue weighted by Crippen LogP contribution is 2.46. The Labute approximate surface area is 263 Å². The molecule has 8 rings (SSSR count). The molecular formula is C38H36N6O. The van der Waals surface area contributed by atoms with Crippen LogP contribution in [-0.2, 0) is 6.42 Å². The van der Waals surface area contributed by atoms with Crippen molar-refractivity contribution in [3.63, 3.8) is 0 Å². The van der Waals surface area contributed by atoms with Crippen LogP contribution in [0.25, 0.3) is 33.3 Å². The molecule has 0 amide bonds. The Morgan fingerprint density at radius 1 is 0.778 bits per heavy atom. The highest BCUT2D eigenvalue weighted by molar-refractivity contribution is 6.09. The first-order valence-electron chi connectivity index (χ1n) is 15.5. The summed E-state index contributed by atoms with van der Waals surface area (Å²) in [5.41, 5.74) is 9.71. The van der Waals surface area contributed by atoms with Crippen LogP contribution >= 0.6 is 0 Å². The van der Waals surface area contributed by atoms with Gasteiger partial charge in [0.25, 0.3) is 0 Å². The summed E-state index contributed by atoms with van der Waals surface area (Å²) in [5.74, 6) is 1.66. The molecular weight excluding hydrogens is 556 g/mol. The molecule has 6 aromatic rings. The summed E-state index contributed by atoms with van der Waals surface area (Å²) in [6.07, 6.45) is 7.14. The van der Waals surface area contributed by atoms with Gasteiger partial charge in [0, 0.05) is 54.9 Å². The fraction of sp³-hybridized carbons (Fsp3) is 0.211. The van der Waals surface area contributed by atoms with E-state index in [1.165, 1.54) is 11.1 Å². The summed E-state index contributed by atoms with van der Waals surface area (Å²) < 4.78 is 6.64. The zero-order chi connectivity index (χ0) is 30.8. The van der Waals surface area contributed by atoms with Gasteiger partial charge in [-0.15, -0.1) is 0 Å². The zero-order valence-electron chi connectivity index (χ0n) is 26.3. The van der Waals surface area contributed by atoms with E-state index in [9.17, 15) is 0 Å². The molecule has 4 aromatic carbocycles. The monoisotopic (exact) mass is 592 g/mol. The standard InChI is InChI=1S/C38H36N6O/c1-24-12-6-8-14-28(24)37-39-23-32-38(40-37)44(31-16-10-7-13-25(31)2)34(42(32)5)22-27-18-19-30-29-15-9-11-17-33(29)45-36(30)35(27)43-21-20-41(4)26(43)3/h6-21,23,26,34H,22H2,1-5H3. The summed E-state index contributed by atoms with van der Waals surface area (Å²) in [6.45, 7) is 6.51. The van der Waals surface area contributed by atoms with Gasteiger partial charge in [-0.2, -0.15) is 0 Å². The van der Waals surface area contributed by atoms with Crippen LogP contribution in [-0.4, -0.2) is 41.3 Å². The number of rotatable bonds is 5. The highest BCUT2D eigenvalue weighted by atomic mass is 16.3. The number of benzene rings is 4. The number of furan rings is 1. The molecule has 0 spiro atoms. The van der Waals surface area contributed by atoms with Crippen LogP contribution in [0.5, 0.6) is 0 Å². The molecule has 7 nitrogen and oxygen atoms in total. The fourth-order valence-electron chi connectivity index (χ4n) is 6.90. The molecule has 0 aliphatic carbocycles. The van der Waals surface area contributed by atoms with Crippen LogP contribution in [0.2, 0.25) is 0 Å². The van der Waals surface area contributed by atoms with Gasteiger partial charge in [0.05, 0.1) is 11.9 Å². The Hall–Kier alpha value is -5.30. The topological polar surface area (TPSA) is 51.9 Å². The Morgan fingerprint density at radius 3 is 2.31 bits per heavy atom. The lowest BCUT2D eigenvalue weighted by atomic mass is 10.0. The van der Waals surface area contributed by atoms with E-state index in [2.05, 4.69) is 140 Å². The molecule has 0 saturated carbocycles. The van der Waals surface area contributed by atoms with Crippen molar-refractivity contribution in [3.8, 4) is 11.4 Å². The van der Waals surface area contributed by atoms with Gasteiger partial charge in [0.1, 0.15) is 23.6 Å². The summed E-state index contributed by atoms with van der Waals surface area (Å²) in [6, 6.07) is 29.7. The summed E-state index contributed by atoms with van der Waals surface area (Å²) >= 11 is 0. The van der Waals surface area contributed by atoms with Crippen LogP contribution in [0.4, 0.5) is 22.9 Å². The first-order valence-corrected chi connectivity index (χ1v) is 15.5. The van der Waals surface area contributed by atoms with Crippen molar-refractivity contribution in [3.05, 3.63) is 120 Å². The Bertz CT molecular complexity index is 2120. The number of aromatic nitrogens is 2. The maximum atomic E-state index is 6.64. The molecule has 7 heteroatoms. The smallest absolute Gasteiger partial charge is 0.162 e. The molecule has 0 N–H and O–H groups in total. The van der Waals surface area contributed by atoms with E-state index in [0.717, 1.165) is 68.2 Å².